The molecule has 1 aliphatic heterocycles. The minimum Gasteiger partial charge on any atom is -0.468 e. The first-order valence-electron chi connectivity index (χ1n) is 5.76. The number of rotatable bonds is 3. The summed E-state index contributed by atoms with van der Waals surface area (Å²) in [5, 5.41) is 2.07. The summed E-state index contributed by atoms with van der Waals surface area (Å²) >= 11 is 5.26. The number of likely N-dealkylation sites (tertiary alicyclic amines) is 1. The Balaban J connectivity index is 2.06. The van der Waals surface area contributed by atoms with Crippen LogP contribution in [0.1, 0.15) is 24.1 Å². The second kappa shape index (κ2) is 5.98. The van der Waals surface area contributed by atoms with Crippen molar-refractivity contribution in [3.05, 3.63) is 20.8 Å². The van der Waals surface area contributed by atoms with E-state index in [0.29, 0.717) is 0 Å². The summed E-state index contributed by atoms with van der Waals surface area (Å²) in [6, 6.07) is 1.99. The van der Waals surface area contributed by atoms with Crippen molar-refractivity contribution in [2.75, 3.05) is 13.7 Å². The van der Waals surface area contributed by atoms with Gasteiger partial charge < -0.3 is 4.74 Å². The molecule has 3 nitrogen and oxygen atoms in total. The molecule has 0 amide bonds. The second-order valence-electron chi connectivity index (χ2n) is 4.20. The number of carbonyl (C=O) groups is 1. The predicted molar refractivity (Wildman–Crippen MR) is 72.1 cm³/mol. The normalized spacial score (nSPS) is 21.4. The maximum Gasteiger partial charge on any atom is 0.323 e. The van der Waals surface area contributed by atoms with Gasteiger partial charge in [0.1, 0.15) is 6.04 Å². The van der Waals surface area contributed by atoms with E-state index in [9.17, 15) is 4.79 Å². The van der Waals surface area contributed by atoms with Crippen LogP contribution in [-0.2, 0) is 16.1 Å². The SMILES string of the molecule is COC(=O)[C@H]1CCCCN1Cc1sccc1Br. The molecule has 1 fully saturated rings. The fourth-order valence-corrected chi connectivity index (χ4v) is 3.71. The quantitative estimate of drug-likeness (QED) is 0.802. The van der Waals surface area contributed by atoms with E-state index in [0.717, 1.165) is 36.8 Å². The number of nitrogens with zero attached hydrogens (tertiary/aromatic N) is 1. The van der Waals surface area contributed by atoms with E-state index < -0.39 is 0 Å². The molecule has 1 saturated heterocycles. The van der Waals surface area contributed by atoms with Crippen LogP contribution in [0.5, 0.6) is 0 Å². The van der Waals surface area contributed by atoms with E-state index in [-0.39, 0.29) is 12.0 Å². The first-order valence-corrected chi connectivity index (χ1v) is 7.43. The zero-order valence-corrected chi connectivity index (χ0v) is 12.2. The molecule has 0 unspecified atom stereocenters. The Morgan fingerprint density at radius 3 is 3.12 bits per heavy atom. The van der Waals surface area contributed by atoms with Gasteiger partial charge in [-0.15, -0.1) is 11.3 Å². The van der Waals surface area contributed by atoms with E-state index in [2.05, 4.69) is 32.3 Å². The topological polar surface area (TPSA) is 29.5 Å². The van der Waals surface area contributed by atoms with Crippen LogP contribution >= 0.6 is 27.3 Å². The third-order valence-electron chi connectivity index (χ3n) is 3.12. The molecule has 0 bridgehead atoms. The predicted octanol–water partition coefficient (Wildman–Crippen LogP) is 3.04. The zero-order valence-electron chi connectivity index (χ0n) is 9.82. The highest BCUT2D eigenvalue weighted by Crippen LogP contribution is 2.27. The van der Waals surface area contributed by atoms with E-state index in [4.69, 9.17) is 4.74 Å². The first-order chi connectivity index (χ1) is 8.22. The summed E-state index contributed by atoms with van der Waals surface area (Å²) in [4.78, 5) is 15.2. The minimum atomic E-state index is -0.0996. The van der Waals surface area contributed by atoms with Gasteiger partial charge in [-0.05, 0) is 46.8 Å². The largest absolute Gasteiger partial charge is 0.468 e. The number of ether oxygens (including phenoxy) is 1. The van der Waals surface area contributed by atoms with E-state index >= 15 is 0 Å². The monoisotopic (exact) mass is 317 g/mol. The third kappa shape index (κ3) is 3.09. The van der Waals surface area contributed by atoms with E-state index in [1.54, 1.807) is 11.3 Å². The molecular weight excluding hydrogens is 302 g/mol. The van der Waals surface area contributed by atoms with Crippen molar-refractivity contribution < 1.29 is 9.53 Å². The number of thiophene rings is 1. The fourth-order valence-electron chi connectivity index (χ4n) is 2.21. The van der Waals surface area contributed by atoms with E-state index in [1.807, 2.05) is 0 Å². The molecule has 5 heteroatoms. The van der Waals surface area contributed by atoms with Crippen molar-refractivity contribution in [2.24, 2.45) is 0 Å². The summed E-state index contributed by atoms with van der Waals surface area (Å²) in [5.74, 6) is -0.0996. The number of halogens is 1. The Morgan fingerprint density at radius 2 is 2.47 bits per heavy atom. The molecular formula is C12H16BrNO2S. The maximum atomic E-state index is 11.7. The molecule has 1 aromatic rings. The number of esters is 1. The van der Waals surface area contributed by atoms with Gasteiger partial charge in [-0.3, -0.25) is 9.69 Å². The third-order valence-corrected chi connectivity index (χ3v) is 5.04. The standard InChI is InChI=1S/C12H16BrNO2S/c1-16-12(15)10-4-2-3-6-14(10)8-11-9(13)5-7-17-11/h5,7,10H,2-4,6,8H2,1H3/t10-/m1/s1. The molecule has 2 rings (SSSR count). The number of methoxy groups -OCH3 is 1. The van der Waals surface area contributed by atoms with Gasteiger partial charge in [-0.2, -0.15) is 0 Å². The molecule has 0 spiro atoms. The highest BCUT2D eigenvalue weighted by atomic mass is 79.9. The van der Waals surface area contributed by atoms with Gasteiger partial charge in [0.25, 0.3) is 0 Å². The lowest BCUT2D eigenvalue weighted by Gasteiger charge is -2.33. The van der Waals surface area contributed by atoms with Crippen molar-refractivity contribution in [1.82, 2.24) is 4.90 Å². The van der Waals surface area contributed by atoms with Crippen LogP contribution in [0.15, 0.2) is 15.9 Å². The number of hydrogen-bond acceptors (Lipinski definition) is 4. The van der Waals surface area contributed by atoms with Gasteiger partial charge in [0.2, 0.25) is 0 Å². The van der Waals surface area contributed by atoms with Gasteiger partial charge in [-0.1, -0.05) is 6.42 Å². The van der Waals surface area contributed by atoms with Gasteiger partial charge in [0, 0.05) is 15.9 Å². The number of carbonyl (C=O) groups excluding carboxylic acids is 1. The first kappa shape index (κ1) is 13.1. The van der Waals surface area contributed by atoms with Gasteiger partial charge in [0.15, 0.2) is 0 Å². The summed E-state index contributed by atoms with van der Waals surface area (Å²) in [6.07, 6.45) is 3.19. The molecule has 1 atom stereocenters. The second-order valence-corrected chi connectivity index (χ2v) is 6.05. The Bertz CT molecular complexity index is 394. The molecule has 17 heavy (non-hydrogen) atoms. The van der Waals surface area contributed by atoms with Crippen molar-refractivity contribution in [2.45, 2.75) is 31.8 Å². The molecule has 0 saturated carbocycles. The maximum absolute atomic E-state index is 11.7. The summed E-state index contributed by atoms with van der Waals surface area (Å²) in [6.45, 7) is 1.81. The molecule has 2 heterocycles. The van der Waals surface area contributed by atoms with Crippen LogP contribution in [0, 0.1) is 0 Å². The van der Waals surface area contributed by atoms with Crippen LogP contribution in [0.3, 0.4) is 0 Å². The highest BCUT2D eigenvalue weighted by Gasteiger charge is 2.29. The molecule has 0 N–H and O–H groups in total. The van der Waals surface area contributed by atoms with Crippen LogP contribution in [0.25, 0.3) is 0 Å². The van der Waals surface area contributed by atoms with Gasteiger partial charge in [-0.25, -0.2) is 0 Å². The molecule has 94 valence electrons. The zero-order chi connectivity index (χ0) is 12.3. The lowest BCUT2D eigenvalue weighted by Crippen LogP contribution is -2.44. The lowest BCUT2D eigenvalue weighted by molar-refractivity contribution is -0.148. The Labute approximate surface area is 114 Å². The summed E-state index contributed by atoms with van der Waals surface area (Å²) in [7, 11) is 1.47. The van der Waals surface area contributed by atoms with Crippen molar-refractivity contribution in [3.63, 3.8) is 0 Å². The number of hydrogen-bond donors (Lipinski definition) is 0. The summed E-state index contributed by atoms with van der Waals surface area (Å²) in [5.41, 5.74) is 0. The average molecular weight is 318 g/mol. The van der Waals surface area contributed by atoms with E-state index in [1.165, 1.54) is 12.0 Å². The van der Waals surface area contributed by atoms with Gasteiger partial charge >= 0.3 is 5.97 Å². The summed E-state index contributed by atoms with van der Waals surface area (Å²) < 4.78 is 6.02. The van der Waals surface area contributed by atoms with Crippen molar-refractivity contribution in [3.8, 4) is 0 Å². The molecule has 0 aliphatic carbocycles. The lowest BCUT2D eigenvalue weighted by atomic mass is 10.0. The molecule has 0 radical (unpaired) electrons. The Hall–Kier alpha value is -0.390. The van der Waals surface area contributed by atoms with Crippen LogP contribution in [-0.4, -0.2) is 30.6 Å². The molecule has 0 aromatic carbocycles. The van der Waals surface area contributed by atoms with Gasteiger partial charge in [0.05, 0.1) is 7.11 Å². The fraction of sp³-hybridized carbons (Fsp3) is 0.583. The van der Waals surface area contributed by atoms with Crippen molar-refractivity contribution in [1.29, 1.82) is 0 Å². The number of piperidine rings is 1. The minimum absolute atomic E-state index is 0.0669. The molecule has 1 aliphatic rings. The Morgan fingerprint density at radius 1 is 1.65 bits per heavy atom. The van der Waals surface area contributed by atoms with Crippen LogP contribution in [0.4, 0.5) is 0 Å². The van der Waals surface area contributed by atoms with Crippen LogP contribution in [0.2, 0.25) is 0 Å². The average Bonchev–Trinajstić information content (AvgIpc) is 2.75. The van der Waals surface area contributed by atoms with Crippen molar-refractivity contribution >= 4 is 33.2 Å². The Kier molecular flexibility index (Phi) is 4.59. The van der Waals surface area contributed by atoms with Crippen LogP contribution < -0.4 is 0 Å². The smallest absolute Gasteiger partial charge is 0.323 e. The molecule has 1 aromatic heterocycles. The highest BCUT2D eigenvalue weighted by molar-refractivity contribution is 9.10.